The second-order valence-electron chi connectivity index (χ2n) is 4.90. The van der Waals surface area contributed by atoms with Gasteiger partial charge in [0.05, 0.1) is 5.56 Å². The molecule has 0 unspecified atom stereocenters. The van der Waals surface area contributed by atoms with E-state index >= 15 is 0 Å². The van der Waals surface area contributed by atoms with Crippen LogP contribution in [0.1, 0.15) is 16.7 Å². The maximum absolute atomic E-state index is 13.0. The largest absolute Gasteiger partial charge is 0.416 e. The number of hydrogen-bond acceptors (Lipinski definition) is 1. The number of carbonyl (C=O) groups is 1. The number of rotatable bonds is 3. The van der Waals surface area contributed by atoms with Gasteiger partial charge in [0.15, 0.2) is 0 Å². The Balaban J connectivity index is 2.03. The summed E-state index contributed by atoms with van der Waals surface area (Å²) in [6.45, 7) is 1.65. The van der Waals surface area contributed by atoms with Gasteiger partial charge in [0, 0.05) is 11.8 Å². The van der Waals surface area contributed by atoms with Gasteiger partial charge in [0.2, 0.25) is 5.91 Å². The molecule has 0 bridgehead atoms. The summed E-state index contributed by atoms with van der Waals surface area (Å²) in [5.74, 6) is -0.861. The van der Waals surface area contributed by atoms with Crippen molar-refractivity contribution in [1.82, 2.24) is 0 Å². The van der Waals surface area contributed by atoms with E-state index in [4.69, 9.17) is 0 Å². The van der Waals surface area contributed by atoms with Crippen LogP contribution in [0.2, 0.25) is 0 Å². The lowest BCUT2D eigenvalue weighted by Crippen LogP contribution is -2.09. The van der Waals surface area contributed by atoms with E-state index in [1.165, 1.54) is 42.5 Å². The second kappa shape index (κ2) is 6.64. The molecule has 0 aliphatic carbocycles. The third-order valence-electron chi connectivity index (χ3n) is 3.11. The van der Waals surface area contributed by atoms with Crippen LogP contribution in [-0.2, 0) is 11.0 Å². The summed E-state index contributed by atoms with van der Waals surface area (Å²) in [6.07, 6.45) is -1.79. The van der Waals surface area contributed by atoms with Gasteiger partial charge >= 0.3 is 6.18 Å². The number of halogens is 4. The van der Waals surface area contributed by atoms with Crippen molar-refractivity contribution in [1.29, 1.82) is 0 Å². The summed E-state index contributed by atoms with van der Waals surface area (Å²) in [5.41, 5.74) is 0.750. The zero-order valence-electron chi connectivity index (χ0n) is 12.1. The summed E-state index contributed by atoms with van der Waals surface area (Å²) in [7, 11) is 0. The van der Waals surface area contributed by atoms with E-state index in [2.05, 4.69) is 5.32 Å². The van der Waals surface area contributed by atoms with Crippen molar-refractivity contribution < 1.29 is 22.4 Å². The van der Waals surface area contributed by atoms with Gasteiger partial charge < -0.3 is 5.32 Å². The van der Waals surface area contributed by atoms with Crippen LogP contribution in [-0.4, -0.2) is 5.91 Å². The van der Waals surface area contributed by atoms with Crippen LogP contribution in [0.4, 0.5) is 23.2 Å². The smallest absolute Gasteiger partial charge is 0.322 e. The normalized spacial score (nSPS) is 11.7. The highest BCUT2D eigenvalue weighted by Gasteiger charge is 2.29. The first-order valence-corrected chi connectivity index (χ1v) is 6.68. The highest BCUT2D eigenvalue weighted by molar-refractivity contribution is 6.02. The third-order valence-corrected chi connectivity index (χ3v) is 3.11. The van der Waals surface area contributed by atoms with Gasteiger partial charge in [0.1, 0.15) is 5.82 Å². The molecule has 0 aliphatic rings. The molecule has 120 valence electrons. The van der Waals surface area contributed by atoms with E-state index in [1.54, 1.807) is 6.92 Å². The van der Waals surface area contributed by atoms with E-state index < -0.39 is 23.5 Å². The van der Waals surface area contributed by atoms with E-state index in [0.29, 0.717) is 16.8 Å². The summed E-state index contributed by atoms with van der Waals surface area (Å²) in [5, 5.41) is 2.57. The average molecular weight is 323 g/mol. The highest BCUT2D eigenvalue weighted by Crippen LogP contribution is 2.29. The Morgan fingerprint density at radius 1 is 1.09 bits per heavy atom. The standard InChI is InChI=1S/C17H13F4NO/c1-11-10-14(18)7-8-15(11)22-16(23)9-4-12-2-5-13(6-3-12)17(19,20)21/h2-10H,1H3,(H,22,23)/b9-4+. The Morgan fingerprint density at radius 3 is 2.30 bits per heavy atom. The first-order chi connectivity index (χ1) is 10.8. The molecule has 6 heteroatoms. The van der Waals surface area contributed by atoms with Crippen LogP contribution >= 0.6 is 0 Å². The van der Waals surface area contributed by atoms with Gasteiger partial charge in [-0.2, -0.15) is 13.2 Å². The summed E-state index contributed by atoms with van der Waals surface area (Å²) >= 11 is 0. The SMILES string of the molecule is Cc1cc(F)ccc1NC(=O)/C=C/c1ccc(C(F)(F)F)cc1. The number of anilines is 1. The fraction of sp³-hybridized carbons (Fsp3) is 0.118. The van der Waals surface area contributed by atoms with Crippen LogP contribution in [0.25, 0.3) is 6.08 Å². The average Bonchev–Trinajstić information content (AvgIpc) is 2.47. The van der Waals surface area contributed by atoms with Crippen molar-refractivity contribution in [3.05, 3.63) is 71.0 Å². The molecule has 0 saturated carbocycles. The summed E-state index contributed by atoms with van der Waals surface area (Å²) in [6, 6.07) is 8.39. The van der Waals surface area contributed by atoms with Crippen molar-refractivity contribution in [3.63, 3.8) is 0 Å². The van der Waals surface area contributed by atoms with Crippen LogP contribution in [0.15, 0.2) is 48.5 Å². The van der Waals surface area contributed by atoms with Crippen LogP contribution in [0.3, 0.4) is 0 Å². The molecule has 1 N–H and O–H groups in total. The molecule has 0 atom stereocenters. The van der Waals surface area contributed by atoms with Crippen molar-refractivity contribution in [3.8, 4) is 0 Å². The van der Waals surface area contributed by atoms with E-state index in [-0.39, 0.29) is 0 Å². The number of benzene rings is 2. The fourth-order valence-electron chi connectivity index (χ4n) is 1.90. The van der Waals surface area contributed by atoms with Gasteiger partial charge in [-0.1, -0.05) is 12.1 Å². The lowest BCUT2D eigenvalue weighted by molar-refractivity contribution is -0.137. The minimum absolute atomic E-state index is 0.402. The number of nitrogens with one attached hydrogen (secondary N) is 1. The number of alkyl halides is 3. The molecule has 2 rings (SSSR count). The quantitative estimate of drug-likeness (QED) is 0.638. The number of amides is 1. The fourth-order valence-corrected chi connectivity index (χ4v) is 1.90. The molecule has 0 aliphatic heterocycles. The Morgan fingerprint density at radius 2 is 1.74 bits per heavy atom. The monoisotopic (exact) mass is 323 g/mol. The van der Waals surface area contributed by atoms with Crippen LogP contribution in [0, 0.1) is 12.7 Å². The Bertz CT molecular complexity index is 733. The Hall–Kier alpha value is -2.63. The minimum Gasteiger partial charge on any atom is -0.322 e. The minimum atomic E-state index is -4.39. The van der Waals surface area contributed by atoms with E-state index in [1.807, 2.05) is 0 Å². The van der Waals surface area contributed by atoms with Gasteiger partial charge in [-0.05, 0) is 54.5 Å². The molecule has 0 aromatic heterocycles. The van der Waals surface area contributed by atoms with Gasteiger partial charge in [-0.3, -0.25) is 4.79 Å². The second-order valence-corrected chi connectivity index (χ2v) is 4.90. The van der Waals surface area contributed by atoms with Crippen molar-refractivity contribution in [2.45, 2.75) is 13.1 Å². The lowest BCUT2D eigenvalue weighted by atomic mass is 10.1. The van der Waals surface area contributed by atoms with Crippen molar-refractivity contribution in [2.75, 3.05) is 5.32 Å². The van der Waals surface area contributed by atoms with Crippen molar-refractivity contribution >= 4 is 17.7 Å². The maximum Gasteiger partial charge on any atom is 0.416 e. The predicted octanol–water partition coefficient (Wildman–Crippen LogP) is 4.80. The summed E-state index contributed by atoms with van der Waals surface area (Å²) < 4.78 is 50.3. The molecule has 0 spiro atoms. The van der Waals surface area contributed by atoms with Gasteiger partial charge in [-0.15, -0.1) is 0 Å². The lowest BCUT2D eigenvalue weighted by Gasteiger charge is -2.07. The molecular formula is C17H13F4NO. The molecule has 1 amide bonds. The molecule has 23 heavy (non-hydrogen) atoms. The van der Waals surface area contributed by atoms with E-state index in [0.717, 1.165) is 12.1 Å². The number of carbonyl (C=O) groups excluding carboxylic acids is 1. The number of aryl methyl sites for hydroxylation is 1. The molecule has 2 aromatic carbocycles. The van der Waals surface area contributed by atoms with Gasteiger partial charge in [0.25, 0.3) is 0 Å². The third kappa shape index (κ3) is 4.67. The molecule has 0 radical (unpaired) electrons. The first kappa shape index (κ1) is 16.7. The highest BCUT2D eigenvalue weighted by atomic mass is 19.4. The van der Waals surface area contributed by atoms with Crippen LogP contribution in [0.5, 0.6) is 0 Å². The number of hydrogen-bond donors (Lipinski definition) is 1. The zero-order chi connectivity index (χ0) is 17.0. The predicted molar refractivity (Wildman–Crippen MR) is 80.2 cm³/mol. The topological polar surface area (TPSA) is 29.1 Å². The molecule has 0 heterocycles. The molecule has 0 saturated heterocycles. The summed E-state index contributed by atoms with van der Waals surface area (Å²) in [4.78, 5) is 11.8. The Kier molecular flexibility index (Phi) is 4.83. The molecule has 0 fully saturated rings. The van der Waals surface area contributed by atoms with Crippen molar-refractivity contribution in [2.24, 2.45) is 0 Å². The molecule has 2 nitrogen and oxygen atoms in total. The molecule has 2 aromatic rings. The van der Waals surface area contributed by atoms with Crippen LogP contribution < -0.4 is 5.32 Å². The van der Waals surface area contributed by atoms with Gasteiger partial charge in [-0.25, -0.2) is 4.39 Å². The molecular weight excluding hydrogens is 310 g/mol. The Labute approximate surface area is 130 Å². The zero-order valence-corrected chi connectivity index (χ0v) is 12.1. The van der Waals surface area contributed by atoms with E-state index in [9.17, 15) is 22.4 Å². The maximum atomic E-state index is 13.0. The first-order valence-electron chi connectivity index (χ1n) is 6.68.